The molecule has 5 rings (SSSR count). The second-order valence-electron chi connectivity index (χ2n) is 11.5. The Morgan fingerprint density at radius 1 is 1.02 bits per heavy atom. The predicted molar refractivity (Wildman–Crippen MR) is 165 cm³/mol. The Labute approximate surface area is 247 Å². The molecule has 8 nitrogen and oxygen atoms in total. The average Bonchev–Trinajstić information content (AvgIpc) is 3.63. The van der Waals surface area contributed by atoms with Gasteiger partial charge in [0.2, 0.25) is 17.7 Å². The molecule has 1 spiro atoms. The molecule has 2 bridgehead atoms. The Morgan fingerprint density at radius 2 is 1.66 bits per heavy atom. The van der Waals surface area contributed by atoms with Crippen LogP contribution in [0.3, 0.4) is 0 Å². The smallest absolute Gasteiger partial charge is 0.248 e. The highest BCUT2D eigenvalue weighted by atomic mass is 32.2. The summed E-state index contributed by atoms with van der Waals surface area (Å²) in [5.74, 6) is -1.78. The van der Waals surface area contributed by atoms with Crippen LogP contribution in [-0.2, 0) is 14.4 Å². The minimum atomic E-state index is -0.780. The molecular weight excluding hydrogens is 536 g/mol. The Balaban J connectivity index is 1.47. The summed E-state index contributed by atoms with van der Waals surface area (Å²) in [6.45, 7) is 9.79. The number of para-hydroxylation sites is 1. The number of thioether (sulfide) groups is 1. The number of anilines is 3. The number of benzene rings is 2. The number of hydrogen-bond donors (Lipinski definition) is 3. The van der Waals surface area contributed by atoms with Gasteiger partial charge in [-0.1, -0.05) is 38.5 Å². The van der Waals surface area contributed by atoms with Crippen LogP contribution in [0.5, 0.6) is 0 Å². The number of aliphatic hydroxyl groups excluding tert-OH is 1. The van der Waals surface area contributed by atoms with Crippen LogP contribution in [0.25, 0.3) is 0 Å². The van der Waals surface area contributed by atoms with Gasteiger partial charge in [-0.25, -0.2) is 0 Å². The number of nitrogens with one attached hydrogen (secondary N) is 2. The summed E-state index contributed by atoms with van der Waals surface area (Å²) in [4.78, 5) is 46.1. The van der Waals surface area contributed by atoms with E-state index in [1.165, 1.54) is 0 Å². The average molecular weight is 579 g/mol. The van der Waals surface area contributed by atoms with Gasteiger partial charge in [0.25, 0.3) is 0 Å². The summed E-state index contributed by atoms with van der Waals surface area (Å²) < 4.78 is -0.716. The molecule has 2 aromatic rings. The third-order valence-corrected chi connectivity index (χ3v) is 11.4. The van der Waals surface area contributed by atoms with Gasteiger partial charge in [-0.3, -0.25) is 14.4 Å². The van der Waals surface area contributed by atoms with Crippen molar-refractivity contribution in [1.29, 1.82) is 0 Å². The Bertz CT molecular complexity index is 1250. The molecule has 0 aromatic heterocycles. The van der Waals surface area contributed by atoms with E-state index in [1.807, 2.05) is 68.4 Å². The van der Waals surface area contributed by atoms with Crippen molar-refractivity contribution in [1.82, 2.24) is 4.90 Å². The van der Waals surface area contributed by atoms with Gasteiger partial charge in [0, 0.05) is 35.4 Å². The molecule has 3 aliphatic heterocycles. The molecule has 3 fully saturated rings. The van der Waals surface area contributed by atoms with Crippen LogP contribution < -0.4 is 15.5 Å². The number of likely N-dealkylation sites (tertiary alicyclic amines) is 1. The molecule has 3 amide bonds. The van der Waals surface area contributed by atoms with E-state index >= 15 is 0 Å². The first kappa shape index (κ1) is 29.5. The summed E-state index contributed by atoms with van der Waals surface area (Å²) >= 11 is 1.64. The van der Waals surface area contributed by atoms with Gasteiger partial charge < -0.3 is 25.5 Å². The maximum atomic E-state index is 14.3. The second kappa shape index (κ2) is 12.1. The predicted octanol–water partition coefficient (Wildman–Crippen LogP) is 4.61. The van der Waals surface area contributed by atoms with E-state index < -0.39 is 28.7 Å². The largest absolute Gasteiger partial charge is 0.394 e. The molecule has 0 aliphatic carbocycles. The number of carbonyl (C=O) groups excluding carboxylic acids is 3. The third kappa shape index (κ3) is 5.12. The lowest BCUT2D eigenvalue weighted by molar-refractivity contribution is -0.142. The lowest BCUT2D eigenvalue weighted by Gasteiger charge is -2.39. The molecule has 9 heteroatoms. The summed E-state index contributed by atoms with van der Waals surface area (Å²) in [6.07, 6.45) is 2.20. The van der Waals surface area contributed by atoms with E-state index in [-0.39, 0.29) is 35.5 Å². The Kier molecular flexibility index (Phi) is 8.66. The van der Waals surface area contributed by atoms with E-state index in [9.17, 15) is 19.5 Å². The van der Waals surface area contributed by atoms with Crippen molar-refractivity contribution in [2.75, 3.05) is 35.2 Å². The van der Waals surface area contributed by atoms with E-state index in [1.54, 1.807) is 16.7 Å². The lowest BCUT2D eigenvalue weighted by atomic mass is 9.70. The third-order valence-electron chi connectivity index (χ3n) is 9.44. The van der Waals surface area contributed by atoms with Gasteiger partial charge in [0.15, 0.2) is 0 Å². The molecule has 3 N–H and O–H groups in total. The minimum Gasteiger partial charge on any atom is -0.394 e. The van der Waals surface area contributed by atoms with Crippen LogP contribution in [0.15, 0.2) is 54.6 Å². The molecular formula is C32H42N4O4S. The number of hydrogen-bond acceptors (Lipinski definition) is 6. The highest BCUT2D eigenvalue weighted by Crippen LogP contribution is 2.67. The molecule has 3 aliphatic rings. The fraction of sp³-hybridized carbons (Fsp3) is 0.531. The second-order valence-corrected chi connectivity index (χ2v) is 13.1. The Hall–Kier alpha value is -3.04. The molecule has 3 saturated heterocycles. The van der Waals surface area contributed by atoms with Gasteiger partial charge >= 0.3 is 0 Å². The molecule has 3 heterocycles. The molecule has 2 aromatic carbocycles. The van der Waals surface area contributed by atoms with Crippen molar-refractivity contribution in [3.63, 3.8) is 0 Å². The van der Waals surface area contributed by atoms with E-state index in [0.29, 0.717) is 17.8 Å². The molecule has 41 heavy (non-hydrogen) atoms. The summed E-state index contributed by atoms with van der Waals surface area (Å²) in [5, 5.41) is 16.6. The highest BCUT2D eigenvalue weighted by Gasteiger charge is 2.74. The summed E-state index contributed by atoms with van der Waals surface area (Å²) in [7, 11) is 0. The molecule has 220 valence electrons. The molecule has 0 saturated carbocycles. The highest BCUT2D eigenvalue weighted by molar-refractivity contribution is 8.02. The van der Waals surface area contributed by atoms with Crippen LogP contribution in [0.1, 0.15) is 47.0 Å². The van der Waals surface area contributed by atoms with Crippen molar-refractivity contribution in [3.8, 4) is 0 Å². The lowest BCUT2D eigenvalue weighted by Crippen LogP contribution is -2.56. The standard InChI is InChI=1S/C32H42N4O4S/c1-5-20(4)24(19-37)36-28(30(39)34-22-13-15-23(16-14-22)35(6-2)7-3)32-18-17-25(41-32)26(27(32)31(36)40)29(38)33-21-11-9-8-10-12-21/h8-16,20,24-28,37H,5-7,17-19H2,1-4H3,(H,33,38)(H,34,39)/t20-,24-,25-,26+,27-,28?,32?/m0/s1. The maximum absolute atomic E-state index is 14.3. The van der Waals surface area contributed by atoms with Crippen molar-refractivity contribution in [2.24, 2.45) is 17.8 Å². The first-order valence-electron chi connectivity index (χ1n) is 14.9. The number of carbonyl (C=O) groups is 3. The van der Waals surface area contributed by atoms with E-state index in [4.69, 9.17) is 0 Å². The van der Waals surface area contributed by atoms with Crippen LogP contribution in [-0.4, -0.2) is 69.5 Å². The fourth-order valence-corrected chi connectivity index (χ4v) is 9.37. The van der Waals surface area contributed by atoms with E-state index in [2.05, 4.69) is 29.4 Å². The van der Waals surface area contributed by atoms with Crippen molar-refractivity contribution < 1.29 is 19.5 Å². The molecule has 0 radical (unpaired) electrons. The van der Waals surface area contributed by atoms with Gasteiger partial charge in [-0.2, -0.15) is 0 Å². The number of nitrogens with zero attached hydrogens (tertiary/aromatic N) is 2. The zero-order chi connectivity index (χ0) is 29.3. The van der Waals surface area contributed by atoms with Crippen LogP contribution >= 0.6 is 11.8 Å². The first-order chi connectivity index (χ1) is 19.8. The topological polar surface area (TPSA) is 102 Å². The van der Waals surface area contributed by atoms with Crippen molar-refractivity contribution in [2.45, 2.75) is 69.0 Å². The Morgan fingerprint density at radius 3 is 2.27 bits per heavy atom. The summed E-state index contributed by atoms with van der Waals surface area (Å²) in [6, 6.07) is 15.8. The molecule has 2 unspecified atom stereocenters. The van der Waals surface area contributed by atoms with Crippen LogP contribution in [0.2, 0.25) is 0 Å². The van der Waals surface area contributed by atoms with Crippen molar-refractivity contribution in [3.05, 3.63) is 54.6 Å². The zero-order valence-electron chi connectivity index (χ0n) is 24.4. The normalized spacial score (nSPS) is 27.8. The van der Waals surface area contributed by atoms with E-state index in [0.717, 1.165) is 31.6 Å². The van der Waals surface area contributed by atoms with Gasteiger partial charge in [-0.15, -0.1) is 11.8 Å². The van der Waals surface area contributed by atoms with Crippen LogP contribution in [0.4, 0.5) is 17.1 Å². The minimum absolute atomic E-state index is 0.0124. The first-order valence-corrected chi connectivity index (χ1v) is 15.8. The van der Waals surface area contributed by atoms with Gasteiger partial charge in [-0.05, 0) is 69.0 Å². The number of amides is 3. The van der Waals surface area contributed by atoms with Crippen LogP contribution in [0, 0.1) is 17.8 Å². The SMILES string of the molecule is CC[C@H](C)[C@H](CO)N1C(=O)[C@@H]2[C@H](C(=O)Nc3ccccc3)[C@@H]3CCC2(S3)C1C(=O)Nc1ccc(N(CC)CC)cc1. The van der Waals surface area contributed by atoms with Crippen molar-refractivity contribution >= 4 is 46.5 Å². The quantitative estimate of drug-likeness (QED) is 0.360. The number of fused-ring (bicyclic) bond motifs is 1. The maximum Gasteiger partial charge on any atom is 0.248 e. The molecule has 7 atom stereocenters. The number of rotatable bonds is 11. The van der Waals surface area contributed by atoms with Gasteiger partial charge in [0.1, 0.15) is 6.04 Å². The zero-order valence-corrected chi connectivity index (χ0v) is 25.2. The fourth-order valence-electron chi connectivity index (χ4n) is 7.16. The summed E-state index contributed by atoms with van der Waals surface area (Å²) in [5.41, 5.74) is 2.44. The monoisotopic (exact) mass is 578 g/mol. The van der Waals surface area contributed by atoms with Gasteiger partial charge in [0.05, 0.1) is 29.2 Å². The number of aliphatic hydroxyl groups is 1.